The van der Waals surface area contributed by atoms with Gasteiger partial charge < -0.3 is 20.5 Å². The summed E-state index contributed by atoms with van der Waals surface area (Å²) in [5.41, 5.74) is 6.85. The first-order valence-corrected chi connectivity index (χ1v) is 6.77. The van der Waals surface area contributed by atoms with Crippen LogP contribution >= 0.6 is 12.2 Å². The van der Waals surface area contributed by atoms with Gasteiger partial charge in [-0.25, -0.2) is 0 Å². The van der Waals surface area contributed by atoms with Crippen LogP contribution < -0.4 is 11.1 Å². The number of hydrogen-bond donors (Lipinski definition) is 2. The van der Waals surface area contributed by atoms with Crippen molar-refractivity contribution in [3.63, 3.8) is 0 Å². The molecule has 0 radical (unpaired) electrons. The monoisotopic (exact) mass is 296 g/mol. The number of rotatable bonds is 8. The first-order chi connectivity index (χ1) is 9.56. The first-order valence-electron chi connectivity index (χ1n) is 6.36. The van der Waals surface area contributed by atoms with Gasteiger partial charge in [-0.3, -0.25) is 4.79 Å². The summed E-state index contributed by atoms with van der Waals surface area (Å²) < 4.78 is 10.3. The van der Waals surface area contributed by atoms with E-state index in [4.69, 9.17) is 27.4 Å². The summed E-state index contributed by atoms with van der Waals surface area (Å²) in [6.45, 7) is 2.78. The molecule has 0 aliphatic heterocycles. The zero-order chi connectivity index (χ0) is 15.0. The van der Waals surface area contributed by atoms with Crippen LogP contribution in [0.1, 0.15) is 18.9 Å². The first kappa shape index (κ1) is 16.6. The number of nitrogens with two attached hydrogens (primary N) is 1. The highest BCUT2D eigenvalue weighted by Gasteiger charge is 2.15. The zero-order valence-corrected chi connectivity index (χ0v) is 12.5. The number of nitrogens with one attached hydrogen (secondary N) is 1. The maximum absolute atomic E-state index is 12.0. The minimum atomic E-state index is -0.550. The second-order valence-electron chi connectivity index (χ2n) is 4.26. The smallest absolute Gasteiger partial charge is 0.253 e. The fourth-order valence-corrected chi connectivity index (χ4v) is 1.76. The van der Waals surface area contributed by atoms with E-state index in [1.807, 2.05) is 12.1 Å². The number of amides is 1. The van der Waals surface area contributed by atoms with Crippen LogP contribution in [0.25, 0.3) is 0 Å². The Morgan fingerprint density at radius 3 is 2.75 bits per heavy atom. The van der Waals surface area contributed by atoms with E-state index in [1.165, 1.54) is 0 Å². The van der Waals surface area contributed by atoms with E-state index in [1.54, 1.807) is 26.2 Å². The van der Waals surface area contributed by atoms with E-state index >= 15 is 0 Å². The number of carbonyl (C=O) groups excluding carboxylic acids is 1. The topological polar surface area (TPSA) is 73.6 Å². The molecule has 0 heterocycles. The second-order valence-corrected chi connectivity index (χ2v) is 4.70. The quantitative estimate of drug-likeness (QED) is 0.564. The van der Waals surface area contributed by atoms with Crippen LogP contribution in [0.2, 0.25) is 0 Å². The lowest BCUT2D eigenvalue weighted by Crippen LogP contribution is -2.29. The van der Waals surface area contributed by atoms with Crippen LogP contribution in [0.3, 0.4) is 0 Å². The Kier molecular flexibility index (Phi) is 7.14. The fraction of sp³-hybridized carbons (Fsp3) is 0.429. The van der Waals surface area contributed by atoms with E-state index < -0.39 is 6.10 Å². The van der Waals surface area contributed by atoms with Gasteiger partial charge in [-0.05, 0) is 25.5 Å². The second kappa shape index (κ2) is 8.63. The SMILES string of the molecule is COCCCOC(C)C(=O)Nc1ccccc1C(N)=S. The maximum Gasteiger partial charge on any atom is 0.253 e. The van der Waals surface area contributed by atoms with E-state index in [2.05, 4.69) is 5.32 Å². The minimum Gasteiger partial charge on any atom is -0.389 e. The number of anilines is 1. The van der Waals surface area contributed by atoms with Gasteiger partial charge in [0.25, 0.3) is 5.91 Å². The lowest BCUT2D eigenvalue weighted by molar-refractivity contribution is -0.126. The third-order valence-electron chi connectivity index (χ3n) is 2.68. The molecule has 0 spiro atoms. The van der Waals surface area contributed by atoms with E-state index in [0.29, 0.717) is 24.5 Å². The largest absolute Gasteiger partial charge is 0.389 e. The van der Waals surface area contributed by atoms with Gasteiger partial charge >= 0.3 is 0 Å². The fourth-order valence-electron chi connectivity index (χ4n) is 1.58. The van der Waals surface area contributed by atoms with E-state index in [-0.39, 0.29) is 10.9 Å². The third kappa shape index (κ3) is 5.24. The highest BCUT2D eigenvalue weighted by molar-refractivity contribution is 7.80. The summed E-state index contributed by atoms with van der Waals surface area (Å²) in [5.74, 6) is -0.230. The van der Waals surface area contributed by atoms with Crippen molar-refractivity contribution in [1.82, 2.24) is 0 Å². The number of benzene rings is 1. The van der Waals surface area contributed by atoms with Crippen LogP contribution in [0.4, 0.5) is 5.69 Å². The number of para-hydroxylation sites is 1. The van der Waals surface area contributed by atoms with Gasteiger partial charge in [-0.15, -0.1) is 0 Å². The Balaban J connectivity index is 2.55. The third-order valence-corrected chi connectivity index (χ3v) is 2.90. The lowest BCUT2D eigenvalue weighted by atomic mass is 10.1. The normalized spacial score (nSPS) is 11.9. The molecule has 1 aromatic rings. The highest BCUT2D eigenvalue weighted by atomic mass is 32.1. The molecule has 0 fully saturated rings. The maximum atomic E-state index is 12.0. The van der Waals surface area contributed by atoms with Crippen molar-refractivity contribution in [1.29, 1.82) is 0 Å². The van der Waals surface area contributed by atoms with Crippen molar-refractivity contribution in [2.45, 2.75) is 19.4 Å². The molecule has 0 aromatic heterocycles. The van der Waals surface area contributed by atoms with Gasteiger partial charge in [0.2, 0.25) is 0 Å². The van der Waals surface area contributed by atoms with Crippen molar-refractivity contribution in [3.05, 3.63) is 29.8 Å². The molecule has 0 aliphatic carbocycles. The van der Waals surface area contributed by atoms with Crippen LogP contribution in [-0.4, -0.2) is 37.3 Å². The van der Waals surface area contributed by atoms with E-state index in [9.17, 15) is 4.79 Å². The number of thiocarbonyl (C=S) groups is 1. The predicted octanol–water partition coefficient (Wildman–Crippen LogP) is 1.70. The number of methoxy groups -OCH3 is 1. The lowest BCUT2D eigenvalue weighted by Gasteiger charge is -2.15. The Morgan fingerprint density at radius 1 is 1.40 bits per heavy atom. The number of hydrogen-bond acceptors (Lipinski definition) is 4. The Morgan fingerprint density at radius 2 is 2.10 bits per heavy atom. The zero-order valence-electron chi connectivity index (χ0n) is 11.7. The molecule has 20 heavy (non-hydrogen) atoms. The van der Waals surface area contributed by atoms with Crippen molar-refractivity contribution in [3.8, 4) is 0 Å². The number of carbonyl (C=O) groups is 1. The molecule has 5 nitrogen and oxygen atoms in total. The average molecular weight is 296 g/mol. The molecule has 1 rings (SSSR count). The van der Waals surface area contributed by atoms with Gasteiger partial charge in [0.15, 0.2) is 0 Å². The molecule has 0 saturated carbocycles. The van der Waals surface area contributed by atoms with Crippen LogP contribution in [-0.2, 0) is 14.3 Å². The van der Waals surface area contributed by atoms with Crippen molar-refractivity contribution < 1.29 is 14.3 Å². The van der Waals surface area contributed by atoms with Crippen LogP contribution in [0.15, 0.2) is 24.3 Å². The Labute approximate surface area is 124 Å². The molecule has 3 N–H and O–H groups in total. The summed E-state index contributed by atoms with van der Waals surface area (Å²) in [7, 11) is 1.63. The summed E-state index contributed by atoms with van der Waals surface area (Å²) in [6, 6.07) is 7.14. The molecular formula is C14H20N2O3S. The molecule has 1 aromatic carbocycles. The standard InChI is InChI=1S/C14H20N2O3S/c1-10(19-9-5-8-18-2)14(17)16-12-7-4-3-6-11(12)13(15)20/h3-4,6-7,10H,5,8-9H2,1-2H3,(H2,15,20)(H,16,17). The molecule has 1 unspecified atom stereocenters. The summed E-state index contributed by atoms with van der Waals surface area (Å²) in [4.78, 5) is 12.2. The minimum absolute atomic E-state index is 0.230. The highest BCUT2D eigenvalue weighted by Crippen LogP contribution is 2.15. The Hall–Kier alpha value is -1.50. The van der Waals surface area contributed by atoms with Gasteiger partial charge in [0.1, 0.15) is 11.1 Å². The van der Waals surface area contributed by atoms with Gasteiger partial charge in [0.05, 0.1) is 5.69 Å². The summed E-state index contributed by atoms with van der Waals surface area (Å²) >= 11 is 4.95. The van der Waals surface area contributed by atoms with Gasteiger partial charge in [-0.1, -0.05) is 24.4 Å². The molecule has 0 bridgehead atoms. The Bertz CT molecular complexity index is 465. The van der Waals surface area contributed by atoms with Crippen molar-refractivity contribution in [2.75, 3.05) is 25.6 Å². The van der Waals surface area contributed by atoms with E-state index in [0.717, 1.165) is 6.42 Å². The molecule has 6 heteroatoms. The predicted molar refractivity (Wildman–Crippen MR) is 82.9 cm³/mol. The molecule has 0 aliphatic rings. The van der Waals surface area contributed by atoms with Gasteiger partial charge in [0, 0.05) is 25.9 Å². The summed E-state index contributed by atoms with van der Waals surface area (Å²) in [6.07, 6.45) is 0.198. The molecule has 1 amide bonds. The van der Waals surface area contributed by atoms with Crippen LogP contribution in [0, 0.1) is 0 Å². The molecule has 1 atom stereocenters. The molecule has 0 saturated heterocycles. The number of ether oxygens (including phenoxy) is 2. The van der Waals surface area contributed by atoms with Gasteiger partial charge in [-0.2, -0.15) is 0 Å². The van der Waals surface area contributed by atoms with Crippen LogP contribution in [0.5, 0.6) is 0 Å². The molecular weight excluding hydrogens is 276 g/mol. The summed E-state index contributed by atoms with van der Waals surface area (Å²) in [5, 5.41) is 2.77. The van der Waals surface area contributed by atoms with Crippen molar-refractivity contribution >= 4 is 28.8 Å². The molecule has 110 valence electrons. The average Bonchev–Trinajstić information content (AvgIpc) is 2.43. The van der Waals surface area contributed by atoms with Crippen molar-refractivity contribution in [2.24, 2.45) is 5.73 Å².